The predicted octanol–water partition coefficient (Wildman–Crippen LogP) is 5.38. The second-order valence-electron chi connectivity index (χ2n) is 9.77. The molecular weight excluding hydrogens is 377 g/mol. The summed E-state index contributed by atoms with van der Waals surface area (Å²) in [6, 6.07) is 14.5. The highest BCUT2D eigenvalue weighted by atomic mass is 16.7. The molecule has 1 aliphatic rings. The average Bonchev–Trinajstić information content (AvgIpc) is 2.84. The van der Waals surface area contributed by atoms with Crippen LogP contribution in [-0.4, -0.2) is 36.6 Å². The summed E-state index contributed by atoms with van der Waals surface area (Å²) in [4.78, 5) is 12.2. The number of nitrogens with one attached hydrogen (secondary N) is 1. The SMILES string of the molecule is CC(C)(C)OC(=O)NCC(=Cc1ccc2ccccc2c1)B1OC(C)(C)C(C)(C)O1. The van der Waals surface area contributed by atoms with Crippen molar-refractivity contribution in [3.63, 3.8) is 0 Å². The first-order valence-corrected chi connectivity index (χ1v) is 10.4. The molecule has 6 heteroatoms. The summed E-state index contributed by atoms with van der Waals surface area (Å²) in [7, 11) is -0.559. The topological polar surface area (TPSA) is 56.8 Å². The minimum absolute atomic E-state index is 0.262. The zero-order valence-electron chi connectivity index (χ0n) is 19.0. The predicted molar refractivity (Wildman–Crippen MR) is 122 cm³/mol. The molecule has 0 saturated carbocycles. The number of benzene rings is 2. The lowest BCUT2D eigenvalue weighted by atomic mass is 9.77. The Labute approximate surface area is 179 Å². The summed E-state index contributed by atoms with van der Waals surface area (Å²) in [5, 5.41) is 5.17. The Balaban J connectivity index is 1.88. The first kappa shape index (κ1) is 22.4. The molecular formula is C24H32BNO4. The van der Waals surface area contributed by atoms with E-state index in [1.54, 1.807) is 0 Å². The fourth-order valence-corrected chi connectivity index (χ4v) is 3.20. The van der Waals surface area contributed by atoms with Crippen LogP contribution < -0.4 is 5.32 Å². The molecule has 2 aromatic carbocycles. The molecule has 0 aromatic heterocycles. The van der Waals surface area contributed by atoms with Crippen LogP contribution in [0.5, 0.6) is 0 Å². The molecule has 1 saturated heterocycles. The number of hydrogen-bond donors (Lipinski definition) is 1. The average molecular weight is 409 g/mol. The number of ether oxygens (including phenoxy) is 1. The molecule has 0 radical (unpaired) electrons. The molecule has 1 amide bonds. The quantitative estimate of drug-likeness (QED) is 0.689. The van der Waals surface area contributed by atoms with Crippen LogP contribution in [0.1, 0.15) is 54.0 Å². The van der Waals surface area contributed by atoms with Gasteiger partial charge in [-0.05, 0) is 76.3 Å². The molecule has 1 fully saturated rings. The summed E-state index contributed by atoms with van der Waals surface area (Å²) in [5.41, 5.74) is 0.355. The van der Waals surface area contributed by atoms with Gasteiger partial charge in [-0.3, -0.25) is 0 Å². The molecule has 5 nitrogen and oxygen atoms in total. The van der Waals surface area contributed by atoms with Crippen molar-refractivity contribution in [2.24, 2.45) is 0 Å². The first-order chi connectivity index (χ1) is 13.9. The Bertz CT molecular complexity index is 943. The van der Waals surface area contributed by atoms with Gasteiger partial charge in [-0.25, -0.2) is 4.79 Å². The van der Waals surface area contributed by atoms with Crippen molar-refractivity contribution in [2.45, 2.75) is 65.3 Å². The van der Waals surface area contributed by atoms with Crippen molar-refractivity contribution in [1.29, 1.82) is 0 Å². The van der Waals surface area contributed by atoms with Crippen molar-refractivity contribution in [2.75, 3.05) is 6.54 Å². The Morgan fingerprint density at radius 3 is 2.23 bits per heavy atom. The largest absolute Gasteiger partial charge is 0.492 e. The molecule has 0 unspecified atom stereocenters. The smallest absolute Gasteiger partial charge is 0.444 e. The Morgan fingerprint density at radius 2 is 1.63 bits per heavy atom. The van der Waals surface area contributed by atoms with Crippen LogP contribution in [0.25, 0.3) is 16.8 Å². The van der Waals surface area contributed by atoms with Gasteiger partial charge in [0.25, 0.3) is 0 Å². The number of hydrogen-bond acceptors (Lipinski definition) is 4. The maximum atomic E-state index is 12.2. The van der Waals surface area contributed by atoms with Crippen molar-refractivity contribution < 1.29 is 18.8 Å². The van der Waals surface area contributed by atoms with E-state index in [1.807, 2.05) is 66.7 Å². The van der Waals surface area contributed by atoms with Crippen LogP contribution >= 0.6 is 0 Å². The minimum Gasteiger partial charge on any atom is -0.444 e. The molecule has 0 bridgehead atoms. The van der Waals surface area contributed by atoms with Gasteiger partial charge in [-0.1, -0.05) is 42.5 Å². The highest BCUT2D eigenvalue weighted by Crippen LogP contribution is 2.38. The molecule has 1 heterocycles. The number of fused-ring (bicyclic) bond motifs is 1. The van der Waals surface area contributed by atoms with Gasteiger partial charge in [0.1, 0.15) is 5.60 Å². The summed E-state index contributed by atoms with van der Waals surface area (Å²) >= 11 is 0. The normalized spacial score (nSPS) is 18.5. The van der Waals surface area contributed by atoms with Crippen molar-refractivity contribution in [1.82, 2.24) is 5.32 Å². The fraction of sp³-hybridized carbons (Fsp3) is 0.458. The summed E-state index contributed by atoms with van der Waals surface area (Å²) in [6.45, 7) is 13.8. The Hall–Kier alpha value is -2.31. The maximum absolute atomic E-state index is 12.2. The third kappa shape index (κ3) is 5.24. The van der Waals surface area contributed by atoms with Crippen LogP contribution in [0.15, 0.2) is 47.9 Å². The second-order valence-corrected chi connectivity index (χ2v) is 9.77. The third-order valence-corrected chi connectivity index (χ3v) is 5.52. The fourth-order valence-electron chi connectivity index (χ4n) is 3.20. The molecule has 0 atom stereocenters. The van der Waals surface area contributed by atoms with E-state index in [1.165, 1.54) is 5.39 Å². The van der Waals surface area contributed by atoms with Crippen LogP contribution in [-0.2, 0) is 14.0 Å². The molecule has 0 spiro atoms. The second kappa shape index (κ2) is 8.08. The van der Waals surface area contributed by atoms with Gasteiger partial charge in [-0.15, -0.1) is 0 Å². The monoisotopic (exact) mass is 409 g/mol. The van der Waals surface area contributed by atoms with Gasteiger partial charge in [0.2, 0.25) is 0 Å². The number of carbonyl (C=O) groups is 1. The van der Waals surface area contributed by atoms with Gasteiger partial charge in [0, 0.05) is 6.54 Å². The first-order valence-electron chi connectivity index (χ1n) is 10.4. The highest BCUT2D eigenvalue weighted by molar-refractivity contribution is 6.56. The molecule has 160 valence electrons. The molecule has 3 rings (SSSR count). The molecule has 1 N–H and O–H groups in total. The van der Waals surface area contributed by atoms with E-state index in [-0.39, 0.29) is 6.54 Å². The van der Waals surface area contributed by atoms with E-state index in [0.717, 1.165) is 16.4 Å². The molecule has 2 aromatic rings. The van der Waals surface area contributed by atoms with E-state index in [0.29, 0.717) is 0 Å². The van der Waals surface area contributed by atoms with E-state index in [9.17, 15) is 4.79 Å². The summed E-state index contributed by atoms with van der Waals surface area (Å²) < 4.78 is 17.9. The standard InChI is InChI=1S/C24H32BNO4/c1-22(2,3)28-21(27)26-16-20(25-29-23(4,5)24(6,7)30-25)15-17-12-13-18-10-8-9-11-19(18)14-17/h8-15H,16H2,1-7H3,(H,26,27). The lowest BCUT2D eigenvalue weighted by Gasteiger charge is -2.32. The minimum atomic E-state index is -0.559. The van der Waals surface area contributed by atoms with E-state index < -0.39 is 30.0 Å². The lowest BCUT2D eigenvalue weighted by Crippen LogP contribution is -2.41. The van der Waals surface area contributed by atoms with Crippen LogP contribution in [0.4, 0.5) is 4.79 Å². The molecule has 0 aliphatic carbocycles. The Kier molecular flexibility index (Phi) is 6.03. The lowest BCUT2D eigenvalue weighted by molar-refractivity contribution is 0.00578. The zero-order valence-corrected chi connectivity index (χ0v) is 19.0. The van der Waals surface area contributed by atoms with Gasteiger partial charge in [-0.2, -0.15) is 0 Å². The third-order valence-electron chi connectivity index (χ3n) is 5.52. The number of amides is 1. The van der Waals surface area contributed by atoms with E-state index >= 15 is 0 Å². The Morgan fingerprint density at radius 1 is 1.03 bits per heavy atom. The van der Waals surface area contributed by atoms with Crippen LogP contribution in [0, 0.1) is 0 Å². The number of alkyl carbamates (subject to hydrolysis) is 1. The van der Waals surface area contributed by atoms with Crippen molar-refractivity contribution in [3.8, 4) is 0 Å². The summed E-state index contributed by atoms with van der Waals surface area (Å²) in [5.74, 6) is 0. The summed E-state index contributed by atoms with van der Waals surface area (Å²) in [6.07, 6.45) is 1.55. The van der Waals surface area contributed by atoms with Crippen LogP contribution in [0.3, 0.4) is 0 Å². The molecule has 1 aliphatic heterocycles. The molecule has 30 heavy (non-hydrogen) atoms. The number of rotatable bonds is 4. The van der Waals surface area contributed by atoms with Crippen molar-refractivity contribution in [3.05, 3.63) is 53.5 Å². The van der Waals surface area contributed by atoms with E-state index in [4.69, 9.17) is 14.0 Å². The van der Waals surface area contributed by atoms with E-state index in [2.05, 4.69) is 35.6 Å². The van der Waals surface area contributed by atoms with Gasteiger partial charge >= 0.3 is 13.2 Å². The zero-order chi connectivity index (χ0) is 22.2. The van der Waals surface area contributed by atoms with Gasteiger partial charge in [0.15, 0.2) is 0 Å². The van der Waals surface area contributed by atoms with Gasteiger partial charge < -0.3 is 19.4 Å². The van der Waals surface area contributed by atoms with Crippen LogP contribution in [0.2, 0.25) is 0 Å². The number of carbonyl (C=O) groups excluding carboxylic acids is 1. The van der Waals surface area contributed by atoms with Crippen molar-refractivity contribution >= 4 is 30.1 Å². The van der Waals surface area contributed by atoms with Gasteiger partial charge in [0.05, 0.1) is 11.2 Å². The highest BCUT2D eigenvalue weighted by Gasteiger charge is 2.52. The maximum Gasteiger partial charge on any atom is 0.492 e.